The SMILES string of the molecule is CCN(CC)Cc1ccc(/C(N)=N/O)c(OC)c1. The number of amidine groups is 1. The van der Waals surface area contributed by atoms with Gasteiger partial charge in [0.05, 0.1) is 12.7 Å². The van der Waals surface area contributed by atoms with Crippen molar-refractivity contribution < 1.29 is 9.94 Å². The van der Waals surface area contributed by atoms with Crippen LogP contribution in [0.15, 0.2) is 23.4 Å². The molecule has 1 aromatic carbocycles. The van der Waals surface area contributed by atoms with Gasteiger partial charge >= 0.3 is 0 Å². The molecule has 0 radical (unpaired) electrons. The monoisotopic (exact) mass is 251 g/mol. The van der Waals surface area contributed by atoms with Crippen molar-refractivity contribution in [3.05, 3.63) is 29.3 Å². The lowest BCUT2D eigenvalue weighted by molar-refractivity contribution is 0.295. The molecule has 5 nitrogen and oxygen atoms in total. The molecule has 0 aromatic heterocycles. The van der Waals surface area contributed by atoms with E-state index in [4.69, 9.17) is 15.7 Å². The van der Waals surface area contributed by atoms with E-state index in [2.05, 4.69) is 23.9 Å². The van der Waals surface area contributed by atoms with Crippen LogP contribution in [0.4, 0.5) is 0 Å². The summed E-state index contributed by atoms with van der Waals surface area (Å²) < 4.78 is 5.27. The van der Waals surface area contributed by atoms with Crippen molar-refractivity contribution in [3.63, 3.8) is 0 Å². The van der Waals surface area contributed by atoms with E-state index < -0.39 is 0 Å². The second-order valence-corrected chi connectivity index (χ2v) is 3.98. The molecule has 0 aliphatic carbocycles. The highest BCUT2D eigenvalue weighted by molar-refractivity contribution is 5.99. The van der Waals surface area contributed by atoms with E-state index in [1.54, 1.807) is 7.11 Å². The van der Waals surface area contributed by atoms with Gasteiger partial charge in [-0.1, -0.05) is 25.1 Å². The molecule has 0 atom stereocenters. The molecular weight excluding hydrogens is 230 g/mol. The van der Waals surface area contributed by atoms with Gasteiger partial charge in [0, 0.05) is 6.54 Å². The van der Waals surface area contributed by atoms with E-state index in [1.807, 2.05) is 18.2 Å². The van der Waals surface area contributed by atoms with Gasteiger partial charge < -0.3 is 15.7 Å². The summed E-state index contributed by atoms with van der Waals surface area (Å²) in [6.07, 6.45) is 0. The summed E-state index contributed by atoms with van der Waals surface area (Å²) in [5.74, 6) is 0.677. The lowest BCUT2D eigenvalue weighted by Crippen LogP contribution is -2.22. The molecule has 0 aliphatic heterocycles. The summed E-state index contributed by atoms with van der Waals surface area (Å²) in [5, 5.41) is 11.7. The highest BCUT2D eigenvalue weighted by Gasteiger charge is 2.10. The van der Waals surface area contributed by atoms with Crippen molar-refractivity contribution in [3.8, 4) is 5.75 Å². The van der Waals surface area contributed by atoms with Gasteiger partial charge in [0.15, 0.2) is 5.84 Å². The largest absolute Gasteiger partial charge is 0.496 e. The lowest BCUT2D eigenvalue weighted by Gasteiger charge is -2.19. The number of oxime groups is 1. The molecule has 3 N–H and O–H groups in total. The first kappa shape index (κ1) is 14.3. The van der Waals surface area contributed by atoms with Crippen LogP contribution in [-0.2, 0) is 6.54 Å². The molecular formula is C13H21N3O2. The molecule has 0 fully saturated rings. The molecule has 1 aromatic rings. The Morgan fingerprint density at radius 2 is 2.06 bits per heavy atom. The van der Waals surface area contributed by atoms with E-state index >= 15 is 0 Å². The van der Waals surface area contributed by atoms with Crippen molar-refractivity contribution in [2.45, 2.75) is 20.4 Å². The molecule has 0 heterocycles. The Labute approximate surface area is 108 Å². The van der Waals surface area contributed by atoms with Crippen LogP contribution >= 0.6 is 0 Å². The summed E-state index contributed by atoms with van der Waals surface area (Å²) in [7, 11) is 1.57. The Morgan fingerprint density at radius 1 is 1.39 bits per heavy atom. The zero-order valence-electron chi connectivity index (χ0n) is 11.2. The second kappa shape index (κ2) is 6.86. The van der Waals surface area contributed by atoms with Crippen molar-refractivity contribution in [2.24, 2.45) is 10.9 Å². The fraction of sp³-hybridized carbons (Fsp3) is 0.462. The zero-order valence-corrected chi connectivity index (χ0v) is 11.2. The van der Waals surface area contributed by atoms with Crippen LogP contribution in [0.25, 0.3) is 0 Å². The number of methoxy groups -OCH3 is 1. The average molecular weight is 251 g/mol. The molecule has 0 amide bonds. The van der Waals surface area contributed by atoms with Crippen molar-refractivity contribution in [1.29, 1.82) is 0 Å². The third-order valence-electron chi connectivity index (χ3n) is 2.95. The molecule has 0 bridgehead atoms. The van der Waals surface area contributed by atoms with Crippen LogP contribution in [0.1, 0.15) is 25.0 Å². The third-order valence-corrected chi connectivity index (χ3v) is 2.95. The van der Waals surface area contributed by atoms with Crippen LogP contribution in [0, 0.1) is 0 Å². The predicted molar refractivity (Wildman–Crippen MR) is 72.1 cm³/mol. The van der Waals surface area contributed by atoms with E-state index in [9.17, 15) is 0 Å². The first-order chi connectivity index (χ1) is 8.65. The van der Waals surface area contributed by atoms with Gasteiger partial charge in [-0.05, 0) is 30.8 Å². The minimum Gasteiger partial charge on any atom is -0.496 e. The van der Waals surface area contributed by atoms with E-state index in [0.29, 0.717) is 11.3 Å². The maximum absolute atomic E-state index is 8.70. The second-order valence-electron chi connectivity index (χ2n) is 3.98. The lowest BCUT2D eigenvalue weighted by atomic mass is 10.1. The van der Waals surface area contributed by atoms with Gasteiger partial charge in [0.2, 0.25) is 0 Å². The summed E-state index contributed by atoms with van der Waals surface area (Å²) in [5.41, 5.74) is 7.33. The van der Waals surface area contributed by atoms with Crippen LogP contribution < -0.4 is 10.5 Å². The van der Waals surface area contributed by atoms with Crippen LogP contribution in [0.5, 0.6) is 5.75 Å². The van der Waals surface area contributed by atoms with E-state index in [1.165, 1.54) is 0 Å². The molecule has 0 spiro atoms. The Morgan fingerprint density at radius 3 is 2.56 bits per heavy atom. The van der Waals surface area contributed by atoms with Gasteiger partial charge in [0.25, 0.3) is 0 Å². The normalized spacial score (nSPS) is 11.9. The Balaban J connectivity index is 2.98. The number of rotatable bonds is 6. The first-order valence-corrected chi connectivity index (χ1v) is 6.03. The van der Waals surface area contributed by atoms with Gasteiger partial charge in [0.1, 0.15) is 5.75 Å². The third kappa shape index (κ3) is 3.37. The minimum atomic E-state index is 0.0567. The minimum absolute atomic E-state index is 0.0567. The molecule has 18 heavy (non-hydrogen) atoms. The molecule has 0 aliphatic rings. The van der Waals surface area contributed by atoms with Crippen molar-refractivity contribution in [1.82, 2.24) is 4.90 Å². The van der Waals surface area contributed by atoms with Crippen LogP contribution in [-0.4, -0.2) is 36.1 Å². The standard InChI is InChI=1S/C13H21N3O2/c1-4-16(5-2)9-10-6-7-11(13(14)15-17)12(8-10)18-3/h6-8,17H,4-5,9H2,1-3H3,(H2,14,15). The summed E-state index contributed by atoms with van der Waals surface area (Å²) in [4.78, 5) is 2.30. The number of hydrogen-bond donors (Lipinski definition) is 2. The van der Waals surface area contributed by atoms with Gasteiger partial charge in [-0.15, -0.1) is 0 Å². The molecule has 0 saturated carbocycles. The van der Waals surface area contributed by atoms with Gasteiger partial charge in [-0.3, -0.25) is 4.90 Å². The van der Waals surface area contributed by atoms with E-state index in [0.717, 1.165) is 25.2 Å². The van der Waals surface area contributed by atoms with Gasteiger partial charge in [-0.25, -0.2) is 0 Å². The fourth-order valence-corrected chi connectivity index (χ4v) is 1.80. The highest BCUT2D eigenvalue weighted by Crippen LogP contribution is 2.21. The summed E-state index contributed by atoms with van der Waals surface area (Å²) in [6, 6.07) is 5.70. The average Bonchev–Trinajstić information content (AvgIpc) is 2.43. The maximum Gasteiger partial charge on any atom is 0.173 e. The fourth-order valence-electron chi connectivity index (χ4n) is 1.80. The Hall–Kier alpha value is -1.75. The Kier molecular flexibility index (Phi) is 5.45. The van der Waals surface area contributed by atoms with Crippen molar-refractivity contribution >= 4 is 5.84 Å². The molecule has 0 unspecified atom stereocenters. The van der Waals surface area contributed by atoms with Crippen LogP contribution in [0.2, 0.25) is 0 Å². The maximum atomic E-state index is 8.70. The highest BCUT2D eigenvalue weighted by atomic mass is 16.5. The molecule has 5 heteroatoms. The first-order valence-electron chi connectivity index (χ1n) is 6.03. The number of nitrogens with zero attached hydrogens (tertiary/aromatic N) is 2. The molecule has 1 rings (SSSR count). The number of hydrogen-bond acceptors (Lipinski definition) is 4. The molecule has 0 saturated heterocycles. The number of nitrogens with two attached hydrogens (primary N) is 1. The zero-order chi connectivity index (χ0) is 13.5. The molecule has 100 valence electrons. The number of ether oxygens (including phenoxy) is 1. The van der Waals surface area contributed by atoms with E-state index in [-0.39, 0.29) is 5.84 Å². The smallest absolute Gasteiger partial charge is 0.173 e. The summed E-state index contributed by atoms with van der Waals surface area (Å²) in [6.45, 7) is 7.12. The topological polar surface area (TPSA) is 71.1 Å². The quantitative estimate of drug-likeness (QED) is 0.349. The van der Waals surface area contributed by atoms with Crippen molar-refractivity contribution in [2.75, 3.05) is 20.2 Å². The summed E-state index contributed by atoms with van der Waals surface area (Å²) >= 11 is 0. The van der Waals surface area contributed by atoms with Crippen LogP contribution in [0.3, 0.4) is 0 Å². The Bertz CT molecular complexity index is 415. The predicted octanol–water partition coefficient (Wildman–Crippen LogP) is 1.63. The number of benzene rings is 1. The van der Waals surface area contributed by atoms with Gasteiger partial charge in [-0.2, -0.15) is 0 Å².